The van der Waals surface area contributed by atoms with E-state index in [1.165, 1.54) is 19.2 Å². The SMILES string of the molecule is COC(=O)c1cc(F)ccc1NC1CCC(C)(C)CC1. The second-order valence-corrected chi connectivity index (χ2v) is 6.26. The van der Waals surface area contributed by atoms with E-state index in [0.29, 0.717) is 17.1 Å². The van der Waals surface area contributed by atoms with Gasteiger partial charge in [-0.3, -0.25) is 0 Å². The fraction of sp³-hybridized carbons (Fsp3) is 0.562. The van der Waals surface area contributed by atoms with E-state index in [2.05, 4.69) is 19.2 Å². The molecule has 0 aliphatic heterocycles. The molecule has 0 atom stereocenters. The van der Waals surface area contributed by atoms with E-state index in [1.54, 1.807) is 6.07 Å². The molecule has 1 aromatic rings. The van der Waals surface area contributed by atoms with Crippen molar-refractivity contribution in [2.75, 3.05) is 12.4 Å². The van der Waals surface area contributed by atoms with Crippen LogP contribution in [-0.4, -0.2) is 19.1 Å². The summed E-state index contributed by atoms with van der Waals surface area (Å²) in [6.07, 6.45) is 4.43. The van der Waals surface area contributed by atoms with E-state index in [4.69, 9.17) is 4.74 Å². The van der Waals surface area contributed by atoms with Crippen molar-refractivity contribution in [2.45, 2.75) is 45.6 Å². The van der Waals surface area contributed by atoms with Crippen LogP contribution in [0.3, 0.4) is 0 Å². The number of hydrogen-bond acceptors (Lipinski definition) is 3. The topological polar surface area (TPSA) is 38.3 Å². The maximum absolute atomic E-state index is 13.3. The number of carbonyl (C=O) groups is 1. The van der Waals surface area contributed by atoms with Crippen LogP contribution in [0.4, 0.5) is 10.1 Å². The van der Waals surface area contributed by atoms with Crippen LogP contribution in [0.5, 0.6) is 0 Å². The Hall–Kier alpha value is -1.58. The van der Waals surface area contributed by atoms with Crippen LogP contribution < -0.4 is 5.32 Å². The Morgan fingerprint density at radius 1 is 1.35 bits per heavy atom. The molecular formula is C16H22FNO2. The molecule has 0 aromatic heterocycles. The van der Waals surface area contributed by atoms with Crippen LogP contribution in [0.15, 0.2) is 18.2 Å². The lowest BCUT2D eigenvalue weighted by Crippen LogP contribution is -2.30. The Morgan fingerprint density at radius 3 is 2.60 bits per heavy atom. The van der Waals surface area contributed by atoms with Crippen molar-refractivity contribution in [2.24, 2.45) is 5.41 Å². The van der Waals surface area contributed by atoms with E-state index in [0.717, 1.165) is 25.7 Å². The average molecular weight is 279 g/mol. The average Bonchev–Trinajstić information content (AvgIpc) is 2.42. The van der Waals surface area contributed by atoms with Gasteiger partial charge in [0.05, 0.1) is 12.7 Å². The fourth-order valence-electron chi connectivity index (χ4n) is 2.68. The summed E-state index contributed by atoms with van der Waals surface area (Å²) in [4.78, 5) is 11.7. The highest BCUT2D eigenvalue weighted by Crippen LogP contribution is 2.36. The lowest BCUT2D eigenvalue weighted by atomic mass is 9.75. The van der Waals surface area contributed by atoms with Gasteiger partial charge in [-0.25, -0.2) is 9.18 Å². The number of esters is 1. The normalized spacial score (nSPS) is 18.6. The van der Waals surface area contributed by atoms with Gasteiger partial charge < -0.3 is 10.1 Å². The van der Waals surface area contributed by atoms with Gasteiger partial charge in [-0.05, 0) is 49.3 Å². The van der Waals surface area contributed by atoms with Crippen LogP contribution in [0.2, 0.25) is 0 Å². The van der Waals surface area contributed by atoms with Crippen molar-refractivity contribution in [1.29, 1.82) is 0 Å². The van der Waals surface area contributed by atoms with Crippen LogP contribution in [0.25, 0.3) is 0 Å². The first kappa shape index (κ1) is 14.8. The van der Waals surface area contributed by atoms with Crippen molar-refractivity contribution >= 4 is 11.7 Å². The quantitative estimate of drug-likeness (QED) is 0.850. The first-order valence-corrected chi connectivity index (χ1v) is 7.06. The second kappa shape index (κ2) is 5.81. The summed E-state index contributed by atoms with van der Waals surface area (Å²) in [5.41, 5.74) is 1.31. The van der Waals surface area contributed by atoms with Crippen molar-refractivity contribution in [3.05, 3.63) is 29.6 Å². The molecule has 0 spiro atoms. The second-order valence-electron chi connectivity index (χ2n) is 6.26. The number of halogens is 1. The summed E-state index contributed by atoms with van der Waals surface area (Å²) in [6, 6.07) is 4.53. The molecule has 1 aromatic carbocycles. The Morgan fingerprint density at radius 2 is 2.00 bits per heavy atom. The van der Waals surface area contributed by atoms with Crippen molar-refractivity contribution in [3.63, 3.8) is 0 Å². The molecule has 1 N–H and O–H groups in total. The third-order valence-corrected chi connectivity index (χ3v) is 4.09. The van der Waals surface area contributed by atoms with Crippen molar-refractivity contribution in [3.8, 4) is 0 Å². The lowest BCUT2D eigenvalue weighted by molar-refractivity contribution is 0.0601. The summed E-state index contributed by atoms with van der Waals surface area (Å²) in [7, 11) is 1.31. The molecule has 2 rings (SSSR count). The van der Waals surface area contributed by atoms with E-state index in [9.17, 15) is 9.18 Å². The molecule has 1 aliphatic rings. The molecule has 110 valence electrons. The smallest absolute Gasteiger partial charge is 0.340 e. The molecule has 1 fully saturated rings. The zero-order valence-corrected chi connectivity index (χ0v) is 12.3. The summed E-state index contributed by atoms with van der Waals surface area (Å²) in [5.74, 6) is -0.941. The number of nitrogens with one attached hydrogen (secondary N) is 1. The molecule has 1 aliphatic carbocycles. The zero-order chi connectivity index (χ0) is 14.8. The largest absolute Gasteiger partial charge is 0.465 e. The van der Waals surface area contributed by atoms with E-state index >= 15 is 0 Å². The minimum atomic E-state index is -0.511. The van der Waals surface area contributed by atoms with Gasteiger partial charge in [0.2, 0.25) is 0 Å². The molecule has 20 heavy (non-hydrogen) atoms. The number of carbonyl (C=O) groups excluding carboxylic acids is 1. The summed E-state index contributed by atoms with van der Waals surface area (Å²) >= 11 is 0. The predicted octanol–water partition coefficient (Wildman–Crippen LogP) is 3.99. The molecule has 0 amide bonds. The number of methoxy groups -OCH3 is 1. The summed E-state index contributed by atoms with van der Waals surface area (Å²) in [5, 5.41) is 3.36. The van der Waals surface area contributed by atoms with Gasteiger partial charge in [0.15, 0.2) is 0 Å². The number of hydrogen-bond donors (Lipinski definition) is 1. The number of benzene rings is 1. The standard InChI is InChI=1S/C16H22FNO2/c1-16(2)8-6-12(7-9-16)18-14-5-4-11(17)10-13(14)15(19)20-3/h4-5,10,12,18H,6-9H2,1-3H3. The number of ether oxygens (including phenoxy) is 1. The Labute approximate surface area is 119 Å². The van der Waals surface area contributed by atoms with E-state index < -0.39 is 11.8 Å². The first-order valence-electron chi connectivity index (χ1n) is 7.06. The van der Waals surface area contributed by atoms with Gasteiger partial charge in [0.25, 0.3) is 0 Å². The molecule has 0 radical (unpaired) electrons. The third kappa shape index (κ3) is 3.50. The Balaban J connectivity index is 2.11. The lowest BCUT2D eigenvalue weighted by Gasteiger charge is -2.35. The van der Waals surface area contributed by atoms with E-state index in [-0.39, 0.29) is 5.56 Å². The minimum absolute atomic E-state index is 0.261. The van der Waals surface area contributed by atoms with Gasteiger partial charge in [0.1, 0.15) is 5.82 Å². The minimum Gasteiger partial charge on any atom is -0.465 e. The number of rotatable bonds is 3. The van der Waals surface area contributed by atoms with Crippen LogP contribution in [0.1, 0.15) is 49.9 Å². The van der Waals surface area contributed by atoms with E-state index in [1.807, 2.05) is 0 Å². The third-order valence-electron chi connectivity index (χ3n) is 4.09. The maximum Gasteiger partial charge on any atom is 0.340 e. The van der Waals surface area contributed by atoms with Crippen LogP contribution in [-0.2, 0) is 4.74 Å². The monoisotopic (exact) mass is 279 g/mol. The molecule has 3 nitrogen and oxygen atoms in total. The molecule has 0 heterocycles. The molecular weight excluding hydrogens is 257 g/mol. The van der Waals surface area contributed by atoms with Gasteiger partial charge in [0, 0.05) is 11.7 Å². The van der Waals surface area contributed by atoms with Gasteiger partial charge in [-0.1, -0.05) is 13.8 Å². The fourth-order valence-corrected chi connectivity index (χ4v) is 2.68. The maximum atomic E-state index is 13.3. The van der Waals surface area contributed by atoms with Crippen molar-refractivity contribution in [1.82, 2.24) is 0 Å². The van der Waals surface area contributed by atoms with Gasteiger partial charge in [-0.2, -0.15) is 0 Å². The first-order chi connectivity index (χ1) is 9.41. The predicted molar refractivity (Wildman–Crippen MR) is 77.4 cm³/mol. The highest BCUT2D eigenvalue weighted by atomic mass is 19.1. The summed E-state index contributed by atoms with van der Waals surface area (Å²) in [6.45, 7) is 4.56. The van der Waals surface area contributed by atoms with Gasteiger partial charge in [-0.15, -0.1) is 0 Å². The highest BCUT2D eigenvalue weighted by molar-refractivity contribution is 5.95. The number of anilines is 1. The zero-order valence-electron chi connectivity index (χ0n) is 12.3. The molecule has 0 saturated heterocycles. The van der Waals surface area contributed by atoms with Crippen LogP contribution >= 0.6 is 0 Å². The molecule has 0 unspecified atom stereocenters. The summed E-state index contributed by atoms with van der Waals surface area (Å²) < 4.78 is 18.0. The Kier molecular flexibility index (Phi) is 4.31. The highest BCUT2D eigenvalue weighted by Gasteiger charge is 2.27. The molecule has 0 bridgehead atoms. The Bertz CT molecular complexity index is 489. The van der Waals surface area contributed by atoms with Gasteiger partial charge >= 0.3 is 5.97 Å². The molecule has 1 saturated carbocycles. The van der Waals surface area contributed by atoms with Crippen molar-refractivity contribution < 1.29 is 13.9 Å². The van der Waals surface area contributed by atoms with Crippen LogP contribution in [0, 0.1) is 11.2 Å². The molecule has 4 heteroatoms.